The van der Waals surface area contributed by atoms with E-state index in [0.717, 1.165) is 0 Å². The first-order valence-electron chi connectivity index (χ1n) is 3.80. The summed E-state index contributed by atoms with van der Waals surface area (Å²) in [5.74, 6) is 0. The maximum atomic E-state index is 5.95. The first-order chi connectivity index (χ1) is 6.57. The number of rotatable bonds is 3. The molecular weight excluding hydrogens is 266 g/mol. The molecule has 14 heavy (non-hydrogen) atoms. The minimum atomic E-state index is 0.330. The number of hydrogen-bond acceptors (Lipinski definition) is 2. The monoisotopic (exact) mass is 272 g/mol. The van der Waals surface area contributed by atoms with Crippen molar-refractivity contribution in [2.45, 2.75) is 6.54 Å². The largest absolute Gasteiger partial charge is 0.318 e. The van der Waals surface area contributed by atoms with Crippen molar-refractivity contribution in [1.29, 1.82) is 0 Å². The minimum absolute atomic E-state index is 0.330. The van der Waals surface area contributed by atoms with E-state index in [2.05, 4.69) is 5.32 Å². The summed E-state index contributed by atoms with van der Waals surface area (Å²) in [6, 6.07) is 1.51. The van der Waals surface area contributed by atoms with Gasteiger partial charge in [0.25, 0.3) is 0 Å². The van der Waals surface area contributed by atoms with Gasteiger partial charge in [-0.1, -0.05) is 46.4 Å². The van der Waals surface area contributed by atoms with Gasteiger partial charge in [-0.25, -0.2) is 0 Å². The quantitative estimate of drug-likeness (QED) is 0.655. The Morgan fingerprint density at radius 3 is 2.00 bits per heavy atom. The summed E-state index contributed by atoms with van der Waals surface area (Å²) in [7, 11) is 0. The fourth-order valence-electron chi connectivity index (χ4n) is 0.975. The second-order valence-corrected chi connectivity index (χ2v) is 4.15. The van der Waals surface area contributed by atoms with E-state index >= 15 is 0 Å². The van der Waals surface area contributed by atoms with Crippen LogP contribution in [0.4, 0.5) is 0 Å². The topological polar surface area (TPSA) is 38.0 Å². The van der Waals surface area contributed by atoms with Crippen LogP contribution in [0, 0.1) is 0 Å². The van der Waals surface area contributed by atoms with Gasteiger partial charge < -0.3 is 11.1 Å². The van der Waals surface area contributed by atoms with E-state index in [0.29, 0.717) is 38.9 Å². The molecule has 0 aliphatic carbocycles. The van der Waals surface area contributed by atoms with E-state index in [1.807, 2.05) is 0 Å². The van der Waals surface area contributed by atoms with Crippen molar-refractivity contribution in [2.75, 3.05) is 6.67 Å². The van der Waals surface area contributed by atoms with Crippen molar-refractivity contribution in [2.24, 2.45) is 5.73 Å². The van der Waals surface area contributed by atoms with Crippen LogP contribution in [0.3, 0.4) is 0 Å². The maximum Gasteiger partial charge on any atom is 0.0653 e. The summed E-state index contributed by atoms with van der Waals surface area (Å²) in [6.45, 7) is 0.769. The Morgan fingerprint density at radius 1 is 1.07 bits per heavy atom. The molecule has 0 radical (unpaired) electrons. The lowest BCUT2D eigenvalue weighted by Gasteiger charge is -2.10. The first-order valence-corrected chi connectivity index (χ1v) is 5.31. The summed E-state index contributed by atoms with van der Waals surface area (Å²) >= 11 is 23.6. The number of halogens is 4. The third-order valence-corrected chi connectivity index (χ3v) is 3.30. The van der Waals surface area contributed by atoms with Crippen molar-refractivity contribution in [3.63, 3.8) is 0 Å². The smallest absolute Gasteiger partial charge is 0.0653 e. The van der Waals surface area contributed by atoms with Gasteiger partial charge in [-0.2, -0.15) is 0 Å². The van der Waals surface area contributed by atoms with E-state index < -0.39 is 0 Å². The van der Waals surface area contributed by atoms with E-state index in [1.54, 1.807) is 0 Å². The summed E-state index contributed by atoms with van der Waals surface area (Å²) in [6.07, 6.45) is 0. The second-order valence-electron chi connectivity index (χ2n) is 2.58. The highest BCUT2D eigenvalue weighted by Gasteiger charge is 2.12. The van der Waals surface area contributed by atoms with Crippen molar-refractivity contribution in [1.82, 2.24) is 5.32 Å². The summed E-state index contributed by atoms with van der Waals surface area (Å²) < 4.78 is 0. The third-order valence-electron chi connectivity index (χ3n) is 1.65. The third kappa shape index (κ3) is 2.66. The molecule has 78 valence electrons. The molecule has 1 aromatic carbocycles. The maximum absolute atomic E-state index is 5.95. The minimum Gasteiger partial charge on any atom is -0.318 e. The molecule has 0 saturated heterocycles. The Labute approximate surface area is 102 Å². The zero-order valence-corrected chi connectivity index (χ0v) is 10.1. The number of nitrogens with one attached hydrogen (secondary N) is 1. The molecular formula is C8H8Cl4N2. The molecule has 1 aromatic rings. The highest BCUT2D eigenvalue weighted by molar-refractivity contribution is 6.48. The normalized spacial score (nSPS) is 10.6. The highest BCUT2D eigenvalue weighted by Crippen LogP contribution is 2.36. The Kier molecular flexibility index (Phi) is 4.77. The molecule has 0 aliphatic heterocycles. The number of nitrogens with two attached hydrogens (primary N) is 1. The highest BCUT2D eigenvalue weighted by atomic mass is 35.5. The van der Waals surface area contributed by atoms with E-state index in [1.165, 1.54) is 6.07 Å². The molecule has 3 N–H and O–H groups in total. The van der Waals surface area contributed by atoms with Gasteiger partial charge in [0.15, 0.2) is 0 Å². The van der Waals surface area contributed by atoms with Gasteiger partial charge in [-0.05, 0) is 6.07 Å². The second kappa shape index (κ2) is 5.40. The van der Waals surface area contributed by atoms with E-state index in [-0.39, 0.29) is 0 Å². The van der Waals surface area contributed by atoms with Crippen molar-refractivity contribution < 1.29 is 0 Å². The molecule has 1 rings (SSSR count). The molecule has 0 bridgehead atoms. The van der Waals surface area contributed by atoms with Gasteiger partial charge in [0.2, 0.25) is 0 Å². The lowest BCUT2D eigenvalue weighted by atomic mass is 10.2. The lowest BCUT2D eigenvalue weighted by molar-refractivity contribution is 0.709. The number of hydrogen-bond donors (Lipinski definition) is 2. The van der Waals surface area contributed by atoms with Crippen molar-refractivity contribution in [3.8, 4) is 0 Å². The van der Waals surface area contributed by atoms with Crippen LogP contribution in [0.1, 0.15) is 5.56 Å². The van der Waals surface area contributed by atoms with Crippen LogP contribution in [0.5, 0.6) is 0 Å². The van der Waals surface area contributed by atoms with Gasteiger partial charge in [0.05, 0.1) is 20.1 Å². The molecule has 0 aliphatic rings. The van der Waals surface area contributed by atoms with Crippen LogP contribution in [0.2, 0.25) is 20.1 Å². The van der Waals surface area contributed by atoms with Gasteiger partial charge in [0.1, 0.15) is 0 Å². The molecule has 0 aromatic heterocycles. The van der Waals surface area contributed by atoms with Gasteiger partial charge >= 0.3 is 0 Å². The predicted octanol–water partition coefficient (Wildman–Crippen LogP) is 3.31. The van der Waals surface area contributed by atoms with E-state index in [4.69, 9.17) is 52.1 Å². The zero-order valence-electron chi connectivity index (χ0n) is 7.08. The van der Waals surface area contributed by atoms with Gasteiger partial charge in [0, 0.05) is 18.8 Å². The van der Waals surface area contributed by atoms with Gasteiger partial charge in [-0.3, -0.25) is 0 Å². The fourth-order valence-corrected chi connectivity index (χ4v) is 1.96. The van der Waals surface area contributed by atoms with Crippen molar-refractivity contribution >= 4 is 46.4 Å². The molecule has 0 spiro atoms. The molecule has 0 fully saturated rings. The average Bonchev–Trinajstić information content (AvgIpc) is 2.15. The molecule has 6 heteroatoms. The molecule has 0 atom stereocenters. The van der Waals surface area contributed by atoms with Gasteiger partial charge in [-0.15, -0.1) is 0 Å². The van der Waals surface area contributed by atoms with Crippen LogP contribution in [-0.4, -0.2) is 6.67 Å². The molecule has 0 amide bonds. The first kappa shape index (κ1) is 12.4. The standard InChI is InChI=1S/C8H8Cl4N2/c9-5-1-6(10)8(12)4(7(5)11)2-14-3-13/h1,14H,2-3,13H2. The Balaban J connectivity index is 3.11. The van der Waals surface area contributed by atoms with Crippen LogP contribution < -0.4 is 11.1 Å². The molecule has 0 heterocycles. The fraction of sp³-hybridized carbons (Fsp3) is 0.250. The Bertz CT molecular complexity index is 314. The molecule has 0 unspecified atom stereocenters. The average molecular weight is 274 g/mol. The summed E-state index contributed by atoms with van der Waals surface area (Å²) in [5, 5.41) is 4.47. The molecule has 2 nitrogen and oxygen atoms in total. The van der Waals surface area contributed by atoms with Crippen molar-refractivity contribution in [3.05, 3.63) is 31.7 Å². The Morgan fingerprint density at radius 2 is 1.57 bits per heavy atom. The zero-order chi connectivity index (χ0) is 10.7. The summed E-state index contributed by atoms with van der Waals surface area (Å²) in [4.78, 5) is 0. The van der Waals surface area contributed by atoms with E-state index in [9.17, 15) is 0 Å². The Hall–Kier alpha value is 0.300. The van der Waals surface area contributed by atoms with Crippen LogP contribution in [0.25, 0.3) is 0 Å². The SMILES string of the molecule is NCNCc1c(Cl)c(Cl)cc(Cl)c1Cl. The van der Waals surface area contributed by atoms with Crippen LogP contribution in [-0.2, 0) is 6.54 Å². The van der Waals surface area contributed by atoms with Crippen LogP contribution in [0.15, 0.2) is 6.07 Å². The molecule has 0 saturated carbocycles. The number of benzene rings is 1. The lowest BCUT2D eigenvalue weighted by Crippen LogP contribution is -2.21. The van der Waals surface area contributed by atoms with Crippen LogP contribution >= 0.6 is 46.4 Å². The summed E-state index contributed by atoms with van der Waals surface area (Å²) in [5.41, 5.74) is 5.95. The predicted molar refractivity (Wildman–Crippen MR) is 62.4 cm³/mol.